The first-order valence-corrected chi connectivity index (χ1v) is 14.9. The number of aryl methyl sites for hydroxylation is 3. The van der Waals surface area contributed by atoms with Crippen LogP contribution in [0.2, 0.25) is 0 Å². The highest BCUT2D eigenvalue weighted by atomic mass is 32.2. The molecule has 1 aromatic carbocycles. The first-order valence-electron chi connectivity index (χ1n) is 13.8. The summed E-state index contributed by atoms with van der Waals surface area (Å²) >= 11 is 0. The fraction of sp³-hybridized carbons (Fsp3) is 0.586. The Bertz CT molecular complexity index is 1120. The zero-order valence-corrected chi connectivity index (χ0v) is 24.4. The van der Waals surface area contributed by atoms with Gasteiger partial charge in [0.05, 0.1) is 12.0 Å². The summed E-state index contributed by atoms with van der Waals surface area (Å²) in [5.41, 5.74) is 4.37. The Morgan fingerprint density at radius 1 is 1.08 bits per heavy atom. The molecular formula is C29H43N5O3S. The van der Waals surface area contributed by atoms with Crippen molar-refractivity contribution in [2.45, 2.75) is 70.4 Å². The van der Waals surface area contributed by atoms with E-state index < -0.39 is 11.0 Å². The predicted molar refractivity (Wildman–Crippen MR) is 153 cm³/mol. The maximum absolute atomic E-state index is 13.1. The van der Waals surface area contributed by atoms with Crippen LogP contribution < -0.4 is 15.0 Å². The number of benzene rings is 1. The van der Waals surface area contributed by atoms with E-state index in [0.29, 0.717) is 13.0 Å². The van der Waals surface area contributed by atoms with Crippen molar-refractivity contribution in [1.29, 1.82) is 0 Å². The molecule has 0 spiro atoms. The van der Waals surface area contributed by atoms with E-state index in [1.165, 1.54) is 37.1 Å². The molecule has 9 heteroatoms. The third-order valence-electron chi connectivity index (χ3n) is 7.65. The first kappa shape index (κ1) is 28.5. The predicted octanol–water partition coefficient (Wildman–Crippen LogP) is 3.74. The highest BCUT2D eigenvalue weighted by Gasteiger charge is 2.24. The summed E-state index contributed by atoms with van der Waals surface area (Å²) in [7, 11) is 2.10. The van der Waals surface area contributed by atoms with Gasteiger partial charge in [-0.2, -0.15) is 0 Å². The van der Waals surface area contributed by atoms with Gasteiger partial charge in [0.1, 0.15) is 22.6 Å². The van der Waals surface area contributed by atoms with Gasteiger partial charge in [-0.15, -0.1) is 0 Å². The number of aromatic nitrogens is 1. The lowest BCUT2D eigenvalue weighted by atomic mass is 10.0. The molecule has 1 unspecified atom stereocenters. The molecule has 0 bridgehead atoms. The van der Waals surface area contributed by atoms with Crippen LogP contribution in [-0.4, -0.2) is 77.2 Å². The summed E-state index contributed by atoms with van der Waals surface area (Å²) in [5, 5.41) is 3.19. The number of ether oxygens (including phenoxy) is 1. The number of carbonyl (C=O) groups is 1. The van der Waals surface area contributed by atoms with Crippen LogP contribution in [0, 0.1) is 20.8 Å². The van der Waals surface area contributed by atoms with Crippen molar-refractivity contribution in [3.63, 3.8) is 0 Å². The van der Waals surface area contributed by atoms with Crippen LogP contribution in [0.4, 0.5) is 5.82 Å². The number of methoxy groups -OCH3 is 1. The molecular weight excluding hydrogens is 498 g/mol. The molecule has 2 aromatic rings. The molecule has 2 aliphatic rings. The third kappa shape index (κ3) is 7.12. The number of amides is 1. The van der Waals surface area contributed by atoms with Gasteiger partial charge in [-0.3, -0.25) is 9.69 Å². The molecule has 2 saturated heterocycles. The van der Waals surface area contributed by atoms with Crippen molar-refractivity contribution in [2.24, 2.45) is 0 Å². The Balaban J connectivity index is 1.22. The van der Waals surface area contributed by atoms with E-state index >= 15 is 0 Å². The van der Waals surface area contributed by atoms with Crippen molar-refractivity contribution in [3.05, 3.63) is 46.6 Å². The number of likely N-dealkylation sites (tertiary alicyclic amines) is 1. The van der Waals surface area contributed by atoms with Gasteiger partial charge in [0, 0.05) is 51.9 Å². The quantitative estimate of drug-likeness (QED) is 0.494. The van der Waals surface area contributed by atoms with Crippen molar-refractivity contribution >= 4 is 22.7 Å². The fourth-order valence-corrected chi connectivity index (χ4v) is 6.82. The van der Waals surface area contributed by atoms with Gasteiger partial charge in [0.15, 0.2) is 0 Å². The molecule has 2 fully saturated rings. The molecule has 0 radical (unpaired) electrons. The number of nitrogens with one attached hydrogen (secondary N) is 1. The molecule has 1 aromatic heterocycles. The minimum atomic E-state index is -1.33. The smallest absolute Gasteiger partial charge is 0.221 e. The minimum absolute atomic E-state index is 0.0102. The fourth-order valence-electron chi connectivity index (χ4n) is 5.58. The third-order valence-corrected chi connectivity index (χ3v) is 9.39. The van der Waals surface area contributed by atoms with Crippen LogP contribution in [0.1, 0.15) is 54.4 Å². The molecule has 4 rings (SSSR count). The van der Waals surface area contributed by atoms with Gasteiger partial charge < -0.3 is 15.0 Å². The van der Waals surface area contributed by atoms with Crippen LogP contribution >= 0.6 is 0 Å². The average molecular weight is 542 g/mol. The van der Waals surface area contributed by atoms with Gasteiger partial charge in [-0.25, -0.2) is 13.5 Å². The van der Waals surface area contributed by atoms with Gasteiger partial charge in [0.2, 0.25) is 5.91 Å². The number of hydrogen-bond donors (Lipinski definition) is 1. The lowest BCUT2D eigenvalue weighted by Gasteiger charge is -2.34. The number of piperidine rings is 1. The van der Waals surface area contributed by atoms with Crippen LogP contribution in [-0.2, 0) is 22.3 Å². The SMILES string of the molecule is COc1cc(C)c(S(=O)N(C)CCC(=O)NC2CCN(c3ncc(CN4CCCC4)cc3C)CC2)c(C)c1. The summed E-state index contributed by atoms with van der Waals surface area (Å²) in [5.74, 6) is 1.83. The molecule has 8 nitrogen and oxygen atoms in total. The second-order valence-electron chi connectivity index (χ2n) is 10.7. The molecule has 1 atom stereocenters. The first-order chi connectivity index (χ1) is 18.2. The number of hydrogen-bond acceptors (Lipinski definition) is 6. The Labute approximate surface area is 230 Å². The summed E-state index contributed by atoms with van der Waals surface area (Å²) < 4.78 is 20.2. The highest BCUT2D eigenvalue weighted by molar-refractivity contribution is 7.82. The van der Waals surface area contributed by atoms with Crippen LogP contribution in [0.15, 0.2) is 29.3 Å². The summed E-state index contributed by atoms with van der Waals surface area (Å²) in [6, 6.07) is 6.24. The molecule has 1 amide bonds. The maximum atomic E-state index is 13.1. The molecule has 38 heavy (non-hydrogen) atoms. The number of anilines is 1. The summed E-state index contributed by atoms with van der Waals surface area (Å²) in [6.07, 6.45) is 6.74. The topological polar surface area (TPSA) is 78.0 Å². The van der Waals surface area contributed by atoms with E-state index in [1.54, 1.807) is 18.5 Å². The zero-order valence-electron chi connectivity index (χ0n) is 23.6. The Hall–Kier alpha value is -2.49. The largest absolute Gasteiger partial charge is 0.497 e. The van der Waals surface area contributed by atoms with Crippen molar-refractivity contribution < 1.29 is 13.7 Å². The van der Waals surface area contributed by atoms with E-state index in [9.17, 15) is 9.00 Å². The molecule has 208 valence electrons. The Morgan fingerprint density at radius 2 is 1.74 bits per heavy atom. The zero-order chi connectivity index (χ0) is 27.2. The minimum Gasteiger partial charge on any atom is -0.497 e. The number of nitrogens with zero attached hydrogens (tertiary/aromatic N) is 4. The molecule has 2 aliphatic heterocycles. The van der Waals surface area contributed by atoms with Crippen LogP contribution in [0.5, 0.6) is 5.75 Å². The monoisotopic (exact) mass is 541 g/mol. The lowest BCUT2D eigenvalue weighted by Crippen LogP contribution is -2.45. The normalized spacial score (nSPS) is 17.7. The average Bonchev–Trinajstić information content (AvgIpc) is 3.40. The molecule has 0 aliphatic carbocycles. The van der Waals surface area contributed by atoms with Crippen molar-refractivity contribution in [2.75, 3.05) is 51.8 Å². The molecule has 0 saturated carbocycles. The van der Waals surface area contributed by atoms with Crippen LogP contribution in [0.3, 0.4) is 0 Å². The maximum Gasteiger partial charge on any atom is 0.221 e. The number of pyridine rings is 1. The highest BCUT2D eigenvalue weighted by Crippen LogP contribution is 2.26. The van der Waals surface area contributed by atoms with E-state index in [1.807, 2.05) is 32.2 Å². The van der Waals surface area contributed by atoms with E-state index in [-0.39, 0.29) is 11.9 Å². The van der Waals surface area contributed by atoms with E-state index in [0.717, 1.165) is 60.1 Å². The Morgan fingerprint density at radius 3 is 2.34 bits per heavy atom. The second kappa shape index (κ2) is 13.0. The summed E-state index contributed by atoms with van der Waals surface area (Å²) in [4.78, 5) is 23.1. The molecule has 1 N–H and O–H groups in total. The van der Waals surface area contributed by atoms with Gasteiger partial charge in [-0.1, -0.05) is 0 Å². The number of rotatable bonds is 10. The lowest BCUT2D eigenvalue weighted by molar-refractivity contribution is -0.122. The second-order valence-corrected chi connectivity index (χ2v) is 12.3. The van der Waals surface area contributed by atoms with Crippen molar-refractivity contribution in [3.8, 4) is 5.75 Å². The van der Waals surface area contributed by atoms with Gasteiger partial charge in [0.25, 0.3) is 0 Å². The van der Waals surface area contributed by atoms with E-state index in [2.05, 4.69) is 28.1 Å². The van der Waals surface area contributed by atoms with Crippen molar-refractivity contribution in [1.82, 2.24) is 19.5 Å². The Kier molecular flexibility index (Phi) is 9.79. The van der Waals surface area contributed by atoms with E-state index in [4.69, 9.17) is 9.72 Å². The standard InChI is InChI=1S/C29H43N5O3S/c1-21-17-26(37-5)18-22(2)28(21)38(36)32(4)13-10-27(35)31-25-8-14-34(15-9-25)29-23(3)16-24(19-30-29)20-33-11-6-7-12-33/h16-19,25H,6-15,20H2,1-5H3,(H,31,35). The number of carbonyl (C=O) groups excluding carboxylic acids is 1. The van der Waals surface area contributed by atoms with Crippen LogP contribution in [0.25, 0.3) is 0 Å². The molecule has 3 heterocycles. The van der Waals surface area contributed by atoms with Gasteiger partial charge in [-0.05, 0) is 100.0 Å². The van der Waals surface area contributed by atoms with Gasteiger partial charge >= 0.3 is 0 Å². The summed E-state index contributed by atoms with van der Waals surface area (Å²) in [6.45, 7) is 11.6.